The van der Waals surface area contributed by atoms with Crippen molar-refractivity contribution >= 4 is 34.6 Å². The van der Waals surface area contributed by atoms with Gasteiger partial charge in [0.2, 0.25) is 6.10 Å². The number of rotatable bonds is 6. The van der Waals surface area contributed by atoms with Crippen LogP contribution in [0.15, 0.2) is 109 Å². The maximum absolute atomic E-state index is 13.5. The Balaban J connectivity index is 1.64. The quantitative estimate of drug-likeness (QED) is 0.241. The van der Waals surface area contributed by atoms with Gasteiger partial charge in [0.25, 0.3) is 0 Å². The van der Waals surface area contributed by atoms with Gasteiger partial charge in [0.05, 0.1) is 12.2 Å². The van der Waals surface area contributed by atoms with Crippen LogP contribution in [0.3, 0.4) is 0 Å². The number of hydrogen-bond donors (Lipinski definition) is 1. The number of para-hydroxylation sites is 1. The number of carbonyl (C=O) groups is 1. The first-order valence-corrected chi connectivity index (χ1v) is 15.1. The van der Waals surface area contributed by atoms with Crippen molar-refractivity contribution in [1.82, 2.24) is 5.09 Å². The summed E-state index contributed by atoms with van der Waals surface area (Å²) in [5.74, 6) is 0.271. The molecule has 0 saturated heterocycles. The highest BCUT2D eigenvalue weighted by molar-refractivity contribution is 8.20. The van der Waals surface area contributed by atoms with Crippen molar-refractivity contribution in [3.8, 4) is 16.9 Å². The van der Waals surface area contributed by atoms with Crippen molar-refractivity contribution in [2.45, 2.75) is 38.5 Å². The average molecular weight is 528 g/mol. The van der Waals surface area contributed by atoms with Crippen molar-refractivity contribution in [3.05, 3.63) is 115 Å². The molecule has 4 aromatic rings. The zero-order valence-electron chi connectivity index (χ0n) is 21.1. The van der Waals surface area contributed by atoms with Crippen molar-refractivity contribution in [3.63, 3.8) is 0 Å². The van der Waals surface area contributed by atoms with Gasteiger partial charge in [-0.05, 0) is 26.3 Å². The molecule has 0 unspecified atom stereocenters. The molecule has 4 aromatic carbocycles. The monoisotopic (exact) mass is 527 g/mol. The largest absolute Gasteiger partial charge is 0.476 e. The predicted molar refractivity (Wildman–Crippen MR) is 154 cm³/mol. The maximum atomic E-state index is 13.5. The number of esters is 1. The Morgan fingerprint density at radius 1 is 0.811 bits per heavy atom. The highest BCUT2D eigenvalue weighted by Crippen LogP contribution is 2.50. The number of hydrogen-bond acceptors (Lipinski definition) is 4. The molecule has 0 bridgehead atoms. The molecule has 2 atom stereocenters. The van der Waals surface area contributed by atoms with Crippen LogP contribution in [0.2, 0.25) is 0 Å². The Bertz CT molecular complexity index is 1390. The minimum Gasteiger partial charge on any atom is -0.476 e. The third-order valence-electron chi connectivity index (χ3n) is 6.21. The van der Waals surface area contributed by atoms with Crippen molar-refractivity contribution in [2.24, 2.45) is 0 Å². The third-order valence-corrected chi connectivity index (χ3v) is 10.5. The molecule has 1 aliphatic heterocycles. The van der Waals surface area contributed by atoms with Gasteiger partial charge >= 0.3 is 5.97 Å². The van der Waals surface area contributed by atoms with Gasteiger partial charge in [0.15, 0.2) is 0 Å². The van der Waals surface area contributed by atoms with Crippen LogP contribution in [0.25, 0.3) is 11.1 Å². The molecule has 1 N–H and O–H groups in total. The lowest BCUT2D eigenvalue weighted by Gasteiger charge is -2.31. The Kier molecular flexibility index (Phi) is 7.04. The lowest BCUT2D eigenvalue weighted by Crippen LogP contribution is -2.42. The molecule has 0 spiro atoms. The van der Waals surface area contributed by atoms with E-state index in [1.807, 2.05) is 106 Å². The van der Waals surface area contributed by atoms with E-state index in [0.717, 1.165) is 27.3 Å². The normalized spacial score (nSPS) is 17.1. The van der Waals surface area contributed by atoms with Crippen LogP contribution in [-0.2, 0) is 21.3 Å². The van der Waals surface area contributed by atoms with Gasteiger partial charge in [-0.3, -0.25) is 5.09 Å². The minimum absolute atomic E-state index is 0.414. The predicted octanol–water partition coefficient (Wildman–Crippen LogP) is 6.13. The average Bonchev–Trinajstić information content (AvgIpc) is 3.27. The van der Waals surface area contributed by atoms with Crippen LogP contribution in [0, 0.1) is 0 Å². The number of carbonyl (C=O) groups excluding carboxylic acids is 1. The molecule has 4 nitrogen and oxygen atoms in total. The standard InChI is InChI=1S/C31H30NO3PS/c1-31(2,3)35-30(33)29-27(26-21-13-20-25(28(26)34-29)22-14-7-4-8-15-22)32-36(37,23-16-9-5-10-17-23)24-18-11-6-12-19-24/h4-21,27,29H,1-3H3,(H,32,37)/t27-,29-/m1/s1. The molecule has 0 amide bonds. The molecule has 1 heterocycles. The van der Waals surface area contributed by atoms with E-state index in [-0.39, 0.29) is 0 Å². The maximum Gasteiger partial charge on any atom is 0.349 e. The summed E-state index contributed by atoms with van der Waals surface area (Å²) in [7, 11) is 0. The summed E-state index contributed by atoms with van der Waals surface area (Å²) in [6.07, 6.45) is -3.43. The van der Waals surface area contributed by atoms with Gasteiger partial charge in [-0.2, -0.15) is 0 Å². The van der Waals surface area contributed by atoms with E-state index in [0.29, 0.717) is 5.75 Å². The van der Waals surface area contributed by atoms with Gasteiger partial charge in [-0.15, -0.1) is 0 Å². The Hall–Kier alpha value is -3.24. The van der Waals surface area contributed by atoms with Crippen LogP contribution in [-0.4, -0.2) is 17.7 Å². The fourth-order valence-electron chi connectivity index (χ4n) is 4.59. The first kappa shape index (κ1) is 25.4. The third kappa shape index (κ3) is 5.26. The number of fused-ring (bicyclic) bond motifs is 1. The molecule has 0 fully saturated rings. The Labute approximate surface area is 223 Å². The van der Waals surface area contributed by atoms with E-state index < -0.39 is 29.9 Å². The molecule has 0 aliphatic carbocycles. The molecule has 6 heteroatoms. The van der Waals surface area contributed by atoms with E-state index in [1.54, 1.807) is 0 Å². The number of ether oxygens (including phenoxy) is 2. The molecule has 0 aromatic heterocycles. The summed E-state index contributed by atoms with van der Waals surface area (Å²) < 4.78 is 12.3. The molecule has 37 heavy (non-hydrogen) atoms. The van der Waals surface area contributed by atoms with Gasteiger partial charge in [0.1, 0.15) is 11.4 Å². The lowest BCUT2D eigenvalue weighted by atomic mass is 9.98. The minimum atomic E-state index is -2.55. The number of benzene rings is 4. The second-order valence-corrected chi connectivity index (χ2v) is 14.2. The van der Waals surface area contributed by atoms with Crippen molar-refractivity contribution < 1.29 is 14.3 Å². The van der Waals surface area contributed by atoms with Crippen molar-refractivity contribution in [2.75, 3.05) is 0 Å². The lowest BCUT2D eigenvalue weighted by molar-refractivity contribution is -0.163. The fraction of sp³-hybridized carbons (Fsp3) is 0.194. The van der Waals surface area contributed by atoms with Crippen LogP contribution in [0.1, 0.15) is 32.4 Å². The van der Waals surface area contributed by atoms with Crippen LogP contribution < -0.4 is 20.4 Å². The molecule has 5 rings (SSSR count). The summed E-state index contributed by atoms with van der Waals surface area (Å²) >= 11 is 6.47. The number of nitrogens with one attached hydrogen (secondary N) is 1. The fourth-order valence-corrected chi connectivity index (χ4v) is 8.10. The van der Waals surface area contributed by atoms with E-state index in [1.165, 1.54) is 0 Å². The smallest absolute Gasteiger partial charge is 0.349 e. The second-order valence-electron chi connectivity index (χ2n) is 10.0. The molecular formula is C31H30NO3PS. The summed E-state index contributed by atoms with van der Waals surface area (Å²) in [6.45, 7) is 5.59. The summed E-state index contributed by atoms with van der Waals surface area (Å²) in [6, 6.07) is 35.8. The first-order valence-electron chi connectivity index (χ1n) is 12.3. The highest BCUT2D eigenvalue weighted by Gasteiger charge is 2.45. The van der Waals surface area contributed by atoms with E-state index in [4.69, 9.17) is 21.3 Å². The Morgan fingerprint density at radius 2 is 1.35 bits per heavy atom. The highest BCUT2D eigenvalue weighted by atomic mass is 32.4. The zero-order valence-corrected chi connectivity index (χ0v) is 22.8. The first-order chi connectivity index (χ1) is 17.8. The second kappa shape index (κ2) is 10.3. The zero-order chi connectivity index (χ0) is 26.0. The van der Waals surface area contributed by atoms with Crippen molar-refractivity contribution in [1.29, 1.82) is 0 Å². The SMILES string of the molecule is CC(C)(C)OC(=O)[C@@H]1Oc2c(-c3ccccc3)cccc2[C@H]1NP(=S)(c1ccccc1)c1ccccc1. The Morgan fingerprint density at radius 3 is 1.89 bits per heavy atom. The summed E-state index contributed by atoms with van der Waals surface area (Å²) in [4.78, 5) is 13.5. The van der Waals surface area contributed by atoms with Gasteiger partial charge in [0, 0.05) is 21.7 Å². The molecule has 188 valence electrons. The molecule has 1 aliphatic rings. The summed E-state index contributed by atoms with van der Waals surface area (Å²) in [5.41, 5.74) is 2.21. The topological polar surface area (TPSA) is 47.6 Å². The van der Waals surface area contributed by atoms with E-state index in [9.17, 15) is 4.79 Å². The van der Waals surface area contributed by atoms with Crippen LogP contribution in [0.5, 0.6) is 5.75 Å². The van der Waals surface area contributed by atoms with Crippen LogP contribution in [0.4, 0.5) is 0 Å². The van der Waals surface area contributed by atoms with Crippen LogP contribution >= 0.6 is 6.19 Å². The summed E-state index contributed by atoms with van der Waals surface area (Å²) in [5, 5.41) is 5.82. The van der Waals surface area contributed by atoms with Gasteiger partial charge in [-0.25, -0.2) is 4.79 Å². The molecular weight excluding hydrogens is 497 g/mol. The van der Waals surface area contributed by atoms with Gasteiger partial charge < -0.3 is 9.47 Å². The molecule has 0 radical (unpaired) electrons. The van der Waals surface area contributed by atoms with E-state index in [2.05, 4.69) is 29.4 Å². The molecule has 0 saturated carbocycles. The van der Waals surface area contributed by atoms with Gasteiger partial charge in [-0.1, -0.05) is 121 Å². The van der Waals surface area contributed by atoms with E-state index >= 15 is 0 Å².